The molecule has 36 heavy (non-hydrogen) atoms. The van der Waals surface area contributed by atoms with Crippen LogP contribution in [0.3, 0.4) is 0 Å². The molecule has 0 saturated carbocycles. The number of halogens is 1. The Kier molecular flexibility index (Phi) is 6.67. The summed E-state index contributed by atoms with van der Waals surface area (Å²) in [5.41, 5.74) is 4.55. The van der Waals surface area contributed by atoms with Crippen LogP contribution in [-0.4, -0.2) is 33.1 Å². The molecule has 1 aliphatic heterocycles. The lowest BCUT2D eigenvalue weighted by Gasteiger charge is -2.12. The Balaban J connectivity index is 1.37. The van der Waals surface area contributed by atoms with E-state index in [1.165, 1.54) is 0 Å². The fourth-order valence-electron chi connectivity index (χ4n) is 4.15. The number of amides is 3. The fourth-order valence-corrected chi connectivity index (χ4v) is 5.11. The molecule has 0 aliphatic carbocycles. The molecular weight excluding hydrogens is 494 g/mol. The zero-order chi connectivity index (χ0) is 25.2. The lowest BCUT2D eigenvalue weighted by molar-refractivity contribution is -0.127. The van der Waals surface area contributed by atoms with Crippen LogP contribution in [0.4, 0.5) is 10.5 Å². The second-order valence-electron chi connectivity index (χ2n) is 8.54. The van der Waals surface area contributed by atoms with E-state index < -0.39 is 17.1 Å². The average molecular weight is 516 g/mol. The summed E-state index contributed by atoms with van der Waals surface area (Å²) in [6, 6.07) is 22.9. The maximum absolute atomic E-state index is 13.0. The molecule has 6 nitrogen and oxygen atoms in total. The molecule has 0 bridgehead atoms. The lowest BCUT2D eigenvalue weighted by Crippen LogP contribution is -2.36. The number of aromatic nitrogens is 1. The number of para-hydroxylation sites is 1. The molecule has 0 unspecified atom stereocenters. The maximum atomic E-state index is 13.0. The van der Waals surface area contributed by atoms with Crippen LogP contribution in [0.5, 0.6) is 0 Å². The van der Waals surface area contributed by atoms with E-state index >= 15 is 0 Å². The lowest BCUT2D eigenvalue weighted by atomic mass is 10.1. The van der Waals surface area contributed by atoms with Gasteiger partial charge < -0.3 is 9.88 Å². The normalized spacial score (nSPS) is 14.7. The van der Waals surface area contributed by atoms with Crippen molar-refractivity contribution < 1.29 is 14.4 Å². The monoisotopic (exact) mass is 515 g/mol. The second-order valence-corrected chi connectivity index (χ2v) is 9.97. The second kappa shape index (κ2) is 10.0. The SMILES string of the molecule is Cc1cccc(NC(=O)CN2C(=O)S/C(=C\c3cn(Cc4ccc(Cl)cc4)c4ccccc34)C2=O)c1. The van der Waals surface area contributed by atoms with Gasteiger partial charge in [-0.25, -0.2) is 0 Å². The Morgan fingerprint density at radius 1 is 1.03 bits per heavy atom. The third kappa shape index (κ3) is 5.08. The van der Waals surface area contributed by atoms with Crippen molar-refractivity contribution in [3.05, 3.63) is 106 Å². The maximum Gasteiger partial charge on any atom is 0.294 e. The Morgan fingerprint density at radius 2 is 1.81 bits per heavy atom. The Bertz CT molecular complexity index is 1520. The van der Waals surface area contributed by atoms with Crippen LogP contribution in [0.15, 0.2) is 83.9 Å². The molecule has 1 aliphatic rings. The molecule has 3 aromatic carbocycles. The van der Waals surface area contributed by atoms with E-state index in [-0.39, 0.29) is 11.4 Å². The van der Waals surface area contributed by atoms with E-state index in [4.69, 9.17) is 11.6 Å². The number of nitrogens with one attached hydrogen (secondary N) is 1. The van der Waals surface area contributed by atoms with Crippen molar-refractivity contribution in [2.24, 2.45) is 0 Å². The first-order chi connectivity index (χ1) is 17.4. The molecule has 0 atom stereocenters. The van der Waals surface area contributed by atoms with Crippen LogP contribution in [0.1, 0.15) is 16.7 Å². The highest BCUT2D eigenvalue weighted by atomic mass is 35.5. The third-order valence-corrected chi connectivity index (χ3v) is 7.01. The molecule has 2 heterocycles. The Labute approximate surface area is 217 Å². The molecule has 5 rings (SSSR count). The summed E-state index contributed by atoms with van der Waals surface area (Å²) in [6.07, 6.45) is 3.70. The van der Waals surface area contributed by atoms with Crippen LogP contribution in [-0.2, 0) is 16.1 Å². The zero-order valence-electron chi connectivity index (χ0n) is 19.4. The topological polar surface area (TPSA) is 71.4 Å². The first-order valence-electron chi connectivity index (χ1n) is 11.3. The standard InChI is InChI=1S/C28H22ClN3O3S/c1-18-5-4-6-22(13-18)30-26(33)17-32-27(34)25(36-28(32)35)14-20-16-31(24-8-3-2-7-23(20)24)15-19-9-11-21(29)12-10-19/h2-14,16H,15,17H2,1H3,(H,30,33)/b25-14-. The summed E-state index contributed by atoms with van der Waals surface area (Å²) < 4.78 is 2.10. The van der Waals surface area contributed by atoms with Crippen molar-refractivity contribution in [2.75, 3.05) is 11.9 Å². The number of anilines is 1. The van der Waals surface area contributed by atoms with E-state index in [9.17, 15) is 14.4 Å². The number of aryl methyl sites for hydroxylation is 1. The number of benzene rings is 3. The van der Waals surface area contributed by atoms with Gasteiger partial charge in [0.2, 0.25) is 5.91 Å². The molecule has 1 N–H and O–H groups in total. The summed E-state index contributed by atoms with van der Waals surface area (Å²) in [5.74, 6) is -0.900. The van der Waals surface area contributed by atoms with E-state index in [1.54, 1.807) is 12.1 Å². The van der Waals surface area contributed by atoms with Crippen LogP contribution >= 0.6 is 23.4 Å². The Morgan fingerprint density at radius 3 is 2.58 bits per heavy atom. The van der Waals surface area contributed by atoms with Crippen molar-refractivity contribution >= 4 is 63.1 Å². The number of rotatable bonds is 6. The van der Waals surface area contributed by atoms with Crippen LogP contribution in [0.25, 0.3) is 17.0 Å². The van der Waals surface area contributed by atoms with Gasteiger partial charge in [0.05, 0.1) is 4.91 Å². The zero-order valence-corrected chi connectivity index (χ0v) is 21.0. The number of imide groups is 1. The summed E-state index contributed by atoms with van der Waals surface area (Å²) in [7, 11) is 0. The molecule has 1 aromatic heterocycles. The number of thioether (sulfide) groups is 1. The quantitative estimate of drug-likeness (QED) is 0.305. The first-order valence-corrected chi connectivity index (χ1v) is 12.5. The Hall–Kier alpha value is -3.81. The van der Waals surface area contributed by atoms with Crippen LogP contribution < -0.4 is 5.32 Å². The molecule has 0 spiro atoms. The summed E-state index contributed by atoms with van der Waals surface area (Å²) in [4.78, 5) is 39.4. The average Bonchev–Trinajstić information content (AvgIpc) is 3.32. The minimum Gasteiger partial charge on any atom is -0.342 e. The van der Waals surface area contributed by atoms with Crippen molar-refractivity contribution in [1.29, 1.82) is 0 Å². The first kappa shape index (κ1) is 23.9. The number of nitrogens with zero attached hydrogens (tertiary/aromatic N) is 2. The summed E-state index contributed by atoms with van der Waals surface area (Å²) in [5, 5.41) is 3.93. The fraction of sp³-hybridized carbons (Fsp3) is 0.107. The van der Waals surface area contributed by atoms with Gasteiger partial charge in [-0.1, -0.05) is 54.1 Å². The number of hydrogen-bond donors (Lipinski definition) is 1. The van der Waals surface area contributed by atoms with Gasteiger partial charge in [-0.15, -0.1) is 0 Å². The highest BCUT2D eigenvalue weighted by molar-refractivity contribution is 8.18. The van der Waals surface area contributed by atoms with Gasteiger partial charge in [0.25, 0.3) is 11.1 Å². The van der Waals surface area contributed by atoms with Crippen LogP contribution in [0, 0.1) is 6.92 Å². The molecule has 180 valence electrons. The highest BCUT2D eigenvalue weighted by Crippen LogP contribution is 2.34. The van der Waals surface area contributed by atoms with E-state index in [0.717, 1.165) is 44.3 Å². The van der Waals surface area contributed by atoms with Gasteiger partial charge in [-0.2, -0.15) is 0 Å². The van der Waals surface area contributed by atoms with Crippen molar-refractivity contribution in [3.63, 3.8) is 0 Å². The number of fused-ring (bicyclic) bond motifs is 1. The smallest absolute Gasteiger partial charge is 0.294 e. The third-order valence-electron chi connectivity index (χ3n) is 5.85. The predicted octanol–water partition coefficient (Wildman–Crippen LogP) is 6.33. The largest absolute Gasteiger partial charge is 0.342 e. The molecule has 8 heteroatoms. The van der Waals surface area contributed by atoms with Gasteiger partial charge >= 0.3 is 0 Å². The molecule has 4 aromatic rings. The highest BCUT2D eigenvalue weighted by Gasteiger charge is 2.36. The van der Waals surface area contributed by atoms with Gasteiger partial charge in [-0.3, -0.25) is 19.3 Å². The molecule has 1 fully saturated rings. The van der Waals surface area contributed by atoms with Gasteiger partial charge in [0.1, 0.15) is 6.54 Å². The number of carbonyl (C=O) groups excluding carboxylic acids is 3. The summed E-state index contributed by atoms with van der Waals surface area (Å²) >= 11 is 6.86. The van der Waals surface area contributed by atoms with Gasteiger partial charge in [-0.05, 0) is 66.2 Å². The minimum absolute atomic E-state index is 0.290. The van der Waals surface area contributed by atoms with Crippen molar-refractivity contribution in [2.45, 2.75) is 13.5 Å². The number of hydrogen-bond acceptors (Lipinski definition) is 4. The van der Waals surface area contributed by atoms with E-state index in [2.05, 4.69) is 9.88 Å². The van der Waals surface area contributed by atoms with Crippen molar-refractivity contribution in [1.82, 2.24) is 9.47 Å². The number of carbonyl (C=O) groups is 3. The molecular formula is C28H22ClN3O3S. The molecule has 0 radical (unpaired) electrons. The van der Waals surface area contributed by atoms with Crippen LogP contribution in [0.2, 0.25) is 5.02 Å². The van der Waals surface area contributed by atoms with Gasteiger partial charge in [0.15, 0.2) is 0 Å². The van der Waals surface area contributed by atoms with E-state index in [0.29, 0.717) is 17.3 Å². The molecule has 1 saturated heterocycles. The van der Waals surface area contributed by atoms with E-state index in [1.807, 2.05) is 79.9 Å². The molecule has 3 amide bonds. The summed E-state index contributed by atoms with van der Waals surface area (Å²) in [6.45, 7) is 2.21. The van der Waals surface area contributed by atoms with Crippen molar-refractivity contribution in [3.8, 4) is 0 Å². The van der Waals surface area contributed by atoms with Gasteiger partial charge in [0, 0.05) is 39.9 Å². The predicted molar refractivity (Wildman–Crippen MR) is 145 cm³/mol. The minimum atomic E-state index is -0.473.